The van der Waals surface area contributed by atoms with Crippen LogP contribution in [-0.4, -0.2) is 17.2 Å². The zero-order chi connectivity index (χ0) is 5.41. The number of hydrogen-bond acceptors (Lipinski definition) is 2. The quantitative estimate of drug-likeness (QED) is 0.284. The monoisotopic (exact) mass is 131 g/mol. The molecule has 0 rings (SSSR count). The molecule has 0 radical (unpaired) electrons. The largest absolute Gasteiger partial charge is 1.00 e. The third-order valence-corrected chi connectivity index (χ3v) is 0.224. The first-order chi connectivity index (χ1) is 2.91. The molecule has 0 aromatic heterocycles. The molecule has 0 aliphatic heterocycles. The molecule has 48 valence electrons. The van der Waals surface area contributed by atoms with Gasteiger partial charge < -0.3 is 16.3 Å². The molecule has 0 aromatic rings. The van der Waals surface area contributed by atoms with E-state index in [9.17, 15) is 0 Å². The van der Waals surface area contributed by atoms with Crippen molar-refractivity contribution in [2.45, 2.75) is 13.3 Å². The Labute approximate surface area is 72.9 Å². The van der Waals surface area contributed by atoms with Crippen LogP contribution in [0.15, 0.2) is 0 Å². The van der Waals surface area contributed by atoms with Crippen LogP contribution >= 0.6 is 0 Å². The molecule has 8 heavy (non-hydrogen) atoms. The van der Waals surface area contributed by atoms with E-state index in [0.29, 0.717) is 6.61 Å². The predicted molar refractivity (Wildman–Crippen MR) is 30.5 cm³/mol. The van der Waals surface area contributed by atoms with Crippen molar-refractivity contribution in [3.8, 4) is 0 Å². The molecule has 0 spiro atoms. The second-order valence-electron chi connectivity index (χ2n) is 0.724. The van der Waals surface area contributed by atoms with Gasteiger partial charge in [0.15, 0.2) is 0 Å². The third kappa shape index (κ3) is 67.3. The van der Waals surface area contributed by atoms with Crippen molar-refractivity contribution in [2.75, 3.05) is 6.61 Å². The van der Waals surface area contributed by atoms with Gasteiger partial charge in [-0.15, -0.1) is 0 Å². The Hall–Kier alpha value is 0.880. The van der Waals surface area contributed by atoms with Crippen molar-refractivity contribution in [1.82, 2.24) is 0 Å². The summed E-state index contributed by atoms with van der Waals surface area (Å²) in [6.45, 7) is 2.25. The SMILES string of the molecule is CCCO.O.[CH2-]N.[Na+]. The molecule has 5 N–H and O–H groups in total. The van der Waals surface area contributed by atoms with Crippen LogP contribution in [0, 0.1) is 7.05 Å². The Morgan fingerprint density at radius 3 is 1.62 bits per heavy atom. The Kier molecular flexibility index (Phi) is 130. The molecule has 0 saturated heterocycles. The minimum absolute atomic E-state index is 0. The van der Waals surface area contributed by atoms with Crippen LogP contribution in [0.25, 0.3) is 0 Å². The van der Waals surface area contributed by atoms with Gasteiger partial charge in [-0.1, -0.05) is 6.92 Å². The Balaban J connectivity index is -0.0000000183. The van der Waals surface area contributed by atoms with Crippen LogP contribution in [-0.2, 0) is 0 Å². The summed E-state index contributed by atoms with van der Waals surface area (Å²) in [5.74, 6) is 0. The predicted octanol–water partition coefficient (Wildman–Crippen LogP) is -3.70. The van der Waals surface area contributed by atoms with Crippen molar-refractivity contribution in [2.24, 2.45) is 5.73 Å². The second kappa shape index (κ2) is 45.0. The summed E-state index contributed by atoms with van der Waals surface area (Å²) in [4.78, 5) is 0. The summed E-state index contributed by atoms with van der Waals surface area (Å²) in [6.07, 6.45) is 0.875. The smallest absolute Gasteiger partial charge is 0.486 e. The van der Waals surface area contributed by atoms with Crippen molar-refractivity contribution in [1.29, 1.82) is 0 Å². The maximum absolute atomic E-state index is 7.88. The Morgan fingerprint density at radius 1 is 1.50 bits per heavy atom. The Morgan fingerprint density at radius 2 is 1.62 bits per heavy atom. The molecule has 0 heterocycles. The van der Waals surface area contributed by atoms with Crippen molar-refractivity contribution >= 4 is 0 Å². The van der Waals surface area contributed by atoms with E-state index in [1.54, 1.807) is 0 Å². The summed E-state index contributed by atoms with van der Waals surface area (Å²) in [7, 11) is 2.75. The van der Waals surface area contributed by atoms with Crippen LogP contribution in [0.5, 0.6) is 0 Å². The molecule has 4 heteroatoms. The maximum Gasteiger partial charge on any atom is 1.00 e. The van der Waals surface area contributed by atoms with E-state index in [0.717, 1.165) is 6.42 Å². The first-order valence-electron chi connectivity index (χ1n) is 1.93. The van der Waals surface area contributed by atoms with Crippen LogP contribution in [0.1, 0.15) is 13.3 Å². The van der Waals surface area contributed by atoms with Crippen LogP contribution in [0.3, 0.4) is 0 Å². The van der Waals surface area contributed by atoms with E-state index in [1.807, 2.05) is 6.92 Å². The van der Waals surface area contributed by atoms with Crippen LogP contribution in [0.4, 0.5) is 0 Å². The molecule has 3 nitrogen and oxygen atoms in total. The molecule has 0 atom stereocenters. The normalized spacial score (nSPS) is 4.50. The summed E-state index contributed by atoms with van der Waals surface area (Å²) in [5, 5.41) is 7.88. The number of rotatable bonds is 1. The minimum Gasteiger partial charge on any atom is -0.486 e. The first-order valence-corrected chi connectivity index (χ1v) is 1.93. The van der Waals surface area contributed by atoms with Crippen LogP contribution < -0.4 is 35.3 Å². The fraction of sp³-hybridized carbons (Fsp3) is 0.750. The summed E-state index contributed by atoms with van der Waals surface area (Å²) in [6, 6.07) is 0. The standard InChI is InChI=1S/C3H8O.CH4N.Na.H2O/c1-2-3-4;1-2;;/h4H,2-3H2,1H3;1-2H2;;1H2/q;-1;+1;. The van der Waals surface area contributed by atoms with E-state index in [4.69, 9.17) is 5.11 Å². The fourth-order valence-electron chi connectivity index (χ4n) is 0. The van der Waals surface area contributed by atoms with Gasteiger partial charge in [-0.3, -0.25) is 7.05 Å². The first kappa shape index (κ1) is 23.2. The molecule has 0 saturated carbocycles. The molecule has 0 fully saturated rings. The number of nitrogens with two attached hydrogens (primary N) is 1. The van der Waals surface area contributed by atoms with Gasteiger partial charge in [0.25, 0.3) is 0 Å². The van der Waals surface area contributed by atoms with Gasteiger partial charge in [-0.05, 0) is 6.42 Å². The molecular weight excluding hydrogens is 117 g/mol. The fourth-order valence-corrected chi connectivity index (χ4v) is 0. The summed E-state index contributed by atoms with van der Waals surface area (Å²) >= 11 is 0. The van der Waals surface area contributed by atoms with Gasteiger partial charge >= 0.3 is 29.6 Å². The van der Waals surface area contributed by atoms with Gasteiger partial charge in [0.2, 0.25) is 0 Å². The number of aliphatic hydroxyl groups excluding tert-OH is 1. The zero-order valence-corrected chi connectivity index (χ0v) is 7.65. The number of hydrogen-bond donors (Lipinski definition) is 2. The van der Waals surface area contributed by atoms with Gasteiger partial charge in [-0.25, -0.2) is 0 Å². The molecule has 0 aromatic carbocycles. The maximum atomic E-state index is 7.88. The van der Waals surface area contributed by atoms with E-state index in [2.05, 4.69) is 12.8 Å². The average Bonchev–Trinajstić information content (AvgIpc) is 1.72. The van der Waals surface area contributed by atoms with Gasteiger partial charge in [0.05, 0.1) is 0 Å². The Bertz CT molecular complexity index is 16.0. The zero-order valence-electron chi connectivity index (χ0n) is 5.65. The van der Waals surface area contributed by atoms with Gasteiger partial charge in [0, 0.05) is 6.61 Å². The molecule has 0 bridgehead atoms. The van der Waals surface area contributed by atoms with Gasteiger partial charge in [-0.2, -0.15) is 0 Å². The van der Waals surface area contributed by atoms with E-state index in [-0.39, 0.29) is 35.0 Å². The topological polar surface area (TPSA) is 77.8 Å². The van der Waals surface area contributed by atoms with Crippen molar-refractivity contribution in [3.63, 3.8) is 0 Å². The molecular formula is C4H14NNaO2. The minimum atomic E-state index is 0. The second-order valence-corrected chi connectivity index (χ2v) is 0.724. The van der Waals surface area contributed by atoms with Crippen molar-refractivity contribution in [3.05, 3.63) is 7.05 Å². The van der Waals surface area contributed by atoms with E-state index < -0.39 is 0 Å². The average molecular weight is 131 g/mol. The molecule has 0 aliphatic rings. The summed E-state index contributed by atoms with van der Waals surface area (Å²) < 4.78 is 0. The summed E-state index contributed by atoms with van der Waals surface area (Å²) in [5.41, 5.74) is 4.25. The van der Waals surface area contributed by atoms with Crippen molar-refractivity contribution < 1.29 is 40.1 Å². The van der Waals surface area contributed by atoms with Gasteiger partial charge in [0.1, 0.15) is 0 Å². The third-order valence-electron chi connectivity index (χ3n) is 0.224. The van der Waals surface area contributed by atoms with E-state index >= 15 is 0 Å². The van der Waals surface area contributed by atoms with E-state index in [1.165, 1.54) is 0 Å². The molecule has 0 aliphatic carbocycles. The molecule has 0 unspecified atom stereocenters. The van der Waals surface area contributed by atoms with Crippen LogP contribution in [0.2, 0.25) is 0 Å². The number of aliphatic hydroxyl groups is 1. The molecule has 0 amide bonds.